The van der Waals surface area contributed by atoms with Gasteiger partial charge in [0.15, 0.2) is 0 Å². The average Bonchev–Trinajstić information content (AvgIpc) is 2.72. The fraction of sp³-hybridized carbons (Fsp3) is 0.429. The SMILES string of the molecule is C=C(C=C(COCOC)C(=CCOCOC)OCCOc1ccccc1)C(F)(F)F. The van der Waals surface area contributed by atoms with Gasteiger partial charge in [0, 0.05) is 25.4 Å². The van der Waals surface area contributed by atoms with Crippen LogP contribution in [0, 0.1) is 0 Å². The van der Waals surface area contributed by atoms with Gasteiger partial charge in [0.25, 0.3) is 0 Å². The van der Waals surface area contributed by atoms with Crippen molar-refractivity contribution in [1.82, 2.24) is 0 Å². The Morgan fingerprint density at radius 3 is 2.30 bits per heavy atom. The summed E-state index contributed by atoms with van der Waals surface area (Å²) in [6.45, 7) is 3.15. The van der Waals surface area contributed by atoms with E-state index in [2.05, 4.69) is 6.58 Å². The highest BCUT2D eigenvalue weighted by Crippen LogP contribution is 2.27. The van der Waals surface area contributed by atoms with Gasteiger partial charge in [-0.25, -0.2) is 0 Å². The van der Waals surface area contributed by atoms with Crippen LogP contribution < -0.4 is 4.74 Å². The minimum absolute atomic E-state index is 0.0232. The first-order valence-electron chi connectivity index (χ1n) is 8.99. The quantitative estimate of drug-likeness (QED) is 0.179. The molecule has 1 rings (SSSR count). The molecule has 0 N–H and O–H groups in total. The number of para-hydroxylation sites is 1. The van der Waals surface area contributed by atoms with Crippen molar-refractivity contribution in [2.45, 2.75) is 6.18 Å². The predicted molar refractivity (Wildman–Crippen MR) is 105 cm³/mol. The summed E-state index contributed by atoms with van der Waals surface area (Å²) in [4.78, 5) is 0. The van der Waals surface area contributed by atoms with Crippen LogP contribution in [0.3, 0.4) is 0 Å². The number of hydrogen-bond acceptors (Lipinski definition) is 6. The molecular formula is C21H27F3O6. The summed E-state index contributed by atoms with van der Waals surface area (Å²) in [7, 11) is 2.87. The van der Waals surface area contributed by atoms with Crippen molar-refractivity contribution in [2.75, 3.05) is 54.2 Å². The molecule has 168 valence electrons. The predicted octanol–water partition coefficient (Wildman–Crippen LogP) is 4.25. The zero-order chi connectivity index (χ0) is 22.2. The van der Waals surface area contributed by atoms with E-state index in [0.29, 0.717) is 5.75 Å². The van der Waals surface area contributed by atoms with Gasteiger partial charge in [-0.3, -0.25) is 0 Å². The Balaban J connectivity index is 2.88. The molecule has 0 heterocycles. The highest BCUT2D eigenvalue weighted by Gasteiger charge is 2.31. The monoisotopic (exact) mass is 432 g/mol. The summed E-state index contributed by atoms with van der Waals surface area (Å²) < 4.78 is 70.1. The van der Waals surface area contributed by atoms with E-state index in [4.69, 9.17) is 28.4 Å². The third-order valence-corrected chi connectivity index (χ3v) is 3.43. The van der Waals surface area contributed by atoms with Crippen molar-refractivity contribution in [2.24, 2.45) is 0 Å². The number of methoxy groups -OCH3 is 2. The fourth-order valence-corrected chi connectivity index (χ4v) is 2.09. The van der Waals surface area contributed by atoms with E-state index < -0.39 is 11.7 Å². The van der Waals surface area contributed by atoms with Gasteiger partial charge in [-0.1, -0.05) is 24.8 Å². The second-order valence-corrected chi connectivity index (χ2v) is 5.80. The maximum atomic E-state index is 13.0. The fourth-order valence-electron chi connectivity index (χ4n) is 2.09. The van der Waals surface area contributed by atoms with E-state index in [1.807, 2.05) is 18.2 Å². The minimum atomic E-state index is -4.58. The smallest absolute Gasteiger partial charge is 0.415 e. The summed E-state index contributed by atoms with van der Waals surface area (Å²) in [5, 5.41) is 0. The summed E-state index contributed by atoms with van der Waals surface area (Å²) in [6, 6.07) is 9.07. The molecule has 0 radical (unpaired) electrons. The highest BCUT2D eigenvalue weighted by atomic mass is 19.4. The molecule has 0 aromatic heterocycles. The molecular weight excluding hydrogens is 405 g/mol. The van der Waals surface area contributed by atoms with Crippen LogP contribution in [0.15, 0.2) is 66.0 Å². The minimum Gasteiger partial charge on any atom is -0.490 e. The topological polar surface area (TPSA) is 55.4 Å². The number of rotatable bonds is 15. The van der Waals surface area contributed by atoms with E-state index in [0.717, 1.165) is 6.08 Å². The number of alkyl halides is 3. The molecule has 0 amide bonds. The normalized spacial score (nSPS) is 12.7. The standard InChI is InChI=1S/C21H27F3O6/c1-17(21(22,23)24)13-18(14-28-16-26-3)20(9-10-27-15-25-2)30-12-11-29-19-7-5-4-6-8-19/h4-9,13H,1,10-12,14-16H2,2-3H3. The van der Waals surface area contributed by atoms with Gasteiger partial charge in [-0.05, 0) is 24.3 Å². The van der Waals surface area contributed by atoms with E-state index in [1.54, 1.807) is 12.1 Å². The summed E-state index contributed by atoms with van der Waals surface area (Å²) in [5.41, 5.74) is -0.901. The first-order valence-corrected chi connectivity index (χ1v) is 8.99. The van der Waals surface area contributed by atoms with Crippen LogP contribution in [-0.2, 0) is 23.7 Å². The van der Waals surface area contributed by atoms with Crippen molar-refractivity contribution in [3.8, 4) is 5.75 Å². The number of benzene rings is 1. The lowest BCUT2D eigenvalue weighted by atomic mass is 10.1. The molecule has 0 saturated heterocycles. The van der Waals surface area contributed by atoms with Gasteiger partial charge in [-0.15, -0.1) is 0 Å². The van der Waals surface area contributed by atoms with Crippen LogP contribution in [0.4, 0.5) is 13.2 Å². The number of hydrogen-bond donors (Lipinski definition) is 0. The molecule has 0 aliphatic carbocycles. The Bertz CT molecular complexity index is 671. The summed E-state index contributed by atoms with van der Waals surface area (Å²) in [6.07, 6.45) is -2.22. The van der Waals surface area contributed by atoms with Gasteiger partial charge < -0.3 is 28.4 Å². The Kier molecular flexibility index (Phi) is 12.5. The Labute approximate surface area is 174 Å². The maximum absolute atomic E-state index is 13.0. The molecule has 0 unspecified atom stereocenters. The second-order valence-electron chi connectivity index (χ2n) is 5.80. The highest BCUT2D eigenvalue weighted by molar-refractivity contribution is 5.35. The van der Waals surface area contributed by atoms with Crippen molar-refractivity contribution < 1.29 is 41.6 Å². The zero-order valence-electron chi connectivity index (χ0n) is 17.1. The van der Waals surface area contributed by atoms with Crippen molar-refractivity contribution in [3.05, 3.63) is 66.0 Å². The molecule has 0 bridgehead atoms. The van der Waals surface area contributed by atoms with E-state index in [-0.39, 0.29) is 51.3 Å². The molecule has 9 heteroatoms. The van der Waals surface area contributed by atoms with Gasteiger partial charge in [0.05, 0.1) is 13.2 Å². The molecule has 0 saturated carbocycles. The Morgan fingerprint density at radius 2 is 1.67 bits per heavy atom. The summed E-state index contributed by atoms with van der Waals surface area (Å²) in [5.74, 6) is 0.809. The van der Waals surface area contributed by atoms with E-state index in [9.17, 15) is 13.2 Å². The first-order chi connectivity index (χ1) is 14.4. The van der Waals surface area contributed by atoms with Crippen LogP contribution in [0.1, 0.15) is 0 Å². The van der Waals surface area contributed by atoms with Gasteiger partial charge in [0.2, 0.25) is 0 Å². The lowest BCUT2D eigenvalue weighted by molar-refractivity contribution is -0.0879. The Hall–Kier alpha value is -2.33. The zero-order valence-corrected chi connectivity index (χ0v) is 17.1. The van der Waals surface area contributed by atoms with Crippen LogP contribution in [-0.4, -0.2) is 60.4 Å². The second kappa shape index (κ2) is 14.6. The Morgan fingerprint density at radius 1 is 1.00 bits per heavy atom. The molecule has 1 aromatic carbocycles. The maximum Gasteiger partial charge on any atom is 0.415 e. The first kappa shape index (κ1) is 25.7. The average molecular weight is 432 g/mol. The van der Waals surface area contributed by atoms with Gasteiger partial charge in [0.1, 0.15) is 38.3 Å². The summed E-state index contributed by atoms with van der Waals surface area (Å²) >= 11 is 0. The number of allylic oxidation sites excluding steroid dienone is 2. The molecule has 1 aromatic rings. The van der Waals surface area contributed by atoms with Crippen LogP contribution in [0.5, 0.6) is 5.75 Å². The molecule has 0 atom stereocenters. The number of ether oxygens (including phenoxy) is 6. The third-order valence-electron chi connectivity index (χ3n) is 3.43. The molecule has 6 nitrogen and oxygen atoms in total. The van der Waals surface area contributed by atoms with Crippen molar-refractivity contribution >= 4 is 0 Å². The van der Waals surface area contributed by atoms with Crippen LogP contribution in [0.25, 0.3) is 0 Å². The van der Waals surface area contributed by atoms with Crippen molar-refractivity contribution in [1.29, 1.82) is 0 Å². The molecule has 0 aliphatic heterocycles. The number of halogens is 3. The molecule has 0 fully saturated rings. The van der Waals surface area contributed by atoms with E-state index in [1.165, 1.54) is 20.3 Å². The third kappa shape index (κ3) is 11.0. The van der Waals surface area contributed by atoms with Gasteiger partial charge in [-0.2, -0.15) is 13.2 Å². The van der Waals surface area contributed by atoms with Crippen LogP contribution in [0.2, 0.25) is 0 Å². The lowest BCUT2D eigenvalue weighted by Crippen LogP contribution is -2.14. The molecule has 30 heavy (non-hydrogen) atoms. The van der Waals surface area contributed by atoms with Crippen molar-refractivity contribution in [3.63, 3.8) is 0 Å². The van der Waals surface area contributed by atoms with Crippen LogP contribution >= 0.6 is 0 Å². The largest absolute Gasteiger partial charge is 0.490 e. The van der Waals surface area contributed by atoms with E-state index >= 15 is 0 Å². The van der Waals surface area contributed by atoms with Gasteiger partial charge >= 0.3 is 6.18 Å². The lowest BCUT2D eigenvalue weighted by Gasteiger charge is -2.17. The molecule has 0 spiro atoms. The molecule has 0 aliphatic rings.